The fourth-order valence-electron chi connectivity index (χ4n) is 4.48. The van der Waals surface area contributed by atoms with Gasteiger partial charge in [0, 0.05) is 50.2 Å². The molecule has 3 aliphatic heterocycles. The van der Waals surface area contributed by atoms with E-state index in [4.69, 9.17) is 0 Å². The monoisotopic (exact) mass is 370 g/mol. The van der Waals surface area contributed by atoms with E-state index in [1.165, 1.54) is 0 Å². The van der Waals surface area contributed by atoms with Gasteiger partial charge in [-0.25, -0.2) is 0 Å². The Balaban J connectivity index is 1.57. The third kappa shape index (κ3) is 3.26. The van der Waals surface area contributed by atoms with Crippen molar-refractivity contribution in [3.63, 3.8) is 0 Å². The highest BCUT2D eigenvalue weighted by Gasteiger charge is 2.40. The van der Waals surface area contributed by atoms with Crippen LogP contribution in [0.5, 0.6) is 0 Å². The molecule has 2 fully saturated rings. The maximum atomic E-state index is 12.9. The lowest BCUT2D eigenvalue weighted by atomic mass is 10.0. The zero-order valence-corrected chi connectivity index (χ0v) is 15.8. The molecule has 4 rings (SSSR count). The maximum absolute atomic E-state index is 12.9. The van der Waals surface area contributed by atoms with E-state index >= 15 is 0 Å². The van der Waals surface area contributed by atoms with Crippen LogP contribution in [-0.4, -0.2) is 58.7 Å². The number of benzene rings is 1. The van der Waals surface area contributed by atoms with Crippen LogP contribution in [0, 0.1) is 0 Å². The Morgan fingerprint density at radius 3 is 2.56 bits per heavy atom. The minimum absolute atomic E-state index is 0.109. The van der Waals surface area contributed by atoms with Crippen molar-refractivity contribution in [2.45, 2.75) is 57.9 Å². The zero-order chi connectivity index (χ0) is 19.1. The second kappa shape index (κ2) is 7.05. The summed E-state index contributed by atoms with van der Waals surface area (Å²) >= 11 is 0. The van der Waals surface area contributed by atoms with E-state index in [2.05, 4.69) is 35.4 Å². The normalized spacial score (nSPS) is 29.0. The molecule has 7 heteroatoms. The van der Waals surface area contributed by atoms with Gasteiger partial charge in [0.05, 0.1) is 0 Å². The number of piperidine rings is 1. The second-order valence-corrected chi connectivity index (χ2v) is 7.87. The fraction of sp³-hybridized carbons (Fsp3) is 0.550. The predicted molar refractivity (Wildman–Crippen MR) is 99.8 cm³/mol. The van der Waals surface area contributed by atoms with Gasteiger partial charge in [0.1, 0.15) is 6.04 Å². The van der Waals surface area contributed by atoms with Crippen molar-refractivity contribution in [2.75, 3.05) is 13.1 Å². The molecule has 0 bridgehead atoms. The third-order valence-corrected chi connectivity index (χ3v) is 6.04. The lowest BCUT2D eigenvalue weighted by molar-refractivity contribution is -0.136. The second-order valence-electron chi connectivity index (χ2n) is 7.87. The SMILES string of the molecule is C[C@@H]1CNC[C@H](C)N1Cc1cccc2c1CN(C1CCC(=O)NC1=O)C2=O. The number of amides is 3. The van der Waals surface area contributed by atoms with Crippen LogP contribution in [0.2, 0.25) is 0 Å². The molecular weight excluding hydrogens is 344 g/mol. The number of carbonyl (C=O) groups is 3. The lowest BCUT2D eigenvalue weighted by Gasteiger charge is -2.39. The van der Waals surface area contributed by atoms with E-state index in [0.29, 0.717) is 30.6 Å². The molecule has 2 N–H and O–H groups in total. The molecule has 0 spiro atoms. The Labute approximate surface area is 159 Å². The summed E-state index contributed by atoms with van der Waals surface area (Å²) in [5.74, 6) is -0.733. The molecule has 0 saturated carbocycles. The number of nitrogens with zero attached hydrogens (tertiary/aromatic N) is 2. The summed E-state index contributed by atoms with van der Waals surface area (Å²) in [6.07, 6.45) is 0.671. The van der Waals surface area contributed by atoms with Gasteiger partial charge < -0.3 is 10.2 Å². The predicted octanol–water partition coefficient (Wildman–Crippen LogP) is 0.630. The first-order chi connectivity index (χ1) is 13.0. The van der Waals surface area contributed by atoms with Crippen molar-refractivity contribution in [3.8, 4) is 0 Å². The van der Waals surface area contributed by atoms with Gasteiger partial charge in [-0.1, -0.05) is 12.1 Å². The number of fused-ring (bicyclic) bond motifs is 1. The van der Waals surface area contributed by atoms with Crippen molar-refractivity contribution in [2.24, 2.45) is 0 Å². The average molecular weight is 370 g/mol. The van der Waals surface area contributed by atoms with Crippen LogP contribution in [0.1, 0.15) is 48.2 Å². The fourth-order valence-corrected chi connectivity index (χ4v) is 4.48. The summed E-state index contributed by atoms with van der Waals surface area (Å²) in [5, 5.41) is 5.80. The van der Waals surface area contributed by atoms with Gasteiger partial charge in [0.25, 0.3) is 5.91 Å². The van der Waals surface area contributed by atoms with Gasteiger partial charge in [0.2, 0.25) is 11.8 Å². The third-order valence-electron chi connectivity index (χ3n) is 6.04. The molecule has 1 aromatic carbocycles. The number of piperazine rings is 1. The van der Waals surface area contributed by atoms with Crippen LogP contribution < -0.4 is 10.6 Å². The van der Waals surface area contributed by atoms with Gasteiger partial charge in [-0.15, -0.1) is 0 Å². The minimum Gasteiger partial charge on any atom is -0.322 e. The van der Waals surface area contributed by atoms with Crippen LogP contribution in [0.4, 0.5) is 0 Å². The van der Waals surface area contributed by atoms with E-state index in [-0.39, 0.29) is 24.1 Å². The zero-order valence-electron chi connectivity index (χ0n) is 15.8. The van der Waals surface area contributed by atoms with Crippen molar-refractivity contribution in [3.05, 3.63) is 34.9 Å². The molecule has 2 saturated heterocycles. The van der Waals surface area contributed by atoms with Crippen molar-refractivity contribution < 1.29 is 14.4 Å². The minimum atomic E-state index is -0.563. The highest BCUT2D eigenvalue weighted by atomic mass is 16.2. The highest BCUT2D eigenvalue weighted by molar-refractivity contribution is 6.05. The van der Waals surface area contributed by atoms with Crippen molar-refractivity contribution in [1.29, 1.82) is 0 Å². The van der Waals surface area contributed by atoms with Gasteiger partial charge in [0.15, 0.2) is 0 Å². The van der Waals surface area contributed by atoms with Gasteiger partial charge in [-0.3, -0.25) is 24.6 Å². The van der Waals surface area contributed by atoms with E-state index in [1.807, 2.05) is 12.1 Å². The van der Waals surface area contributed by atoms with Gasteiger partial charge in [-0.05, 0) is 37.5 Å². The standard InChI is InChI=1S/C20H26N4O3/c1-12-8-21-9-13(2)23(12)10-14-4-3-5-15-16(14)11-24(20(15)27)17-6-7-18(25)22-19(17)26/h3-5,12-13,17,21H,6-11H2,1-2H3,(H,22,25,26)/t12-,13+,17?. The molecule has 1 unspecified atom stereocenters. The van der Waals surface area contributed by atoms with Crippen LogP contribution in [0.15, 0.2) is 18.2 Å². The molecule has 144 valence electrons. The Morgan fingerprint density at radius 2 is 1.85 bits per heavy atom. The topological polar surface area (TPSA) is 81.8 Å². The number of carbonyl (C=O) groups excluding carboxylic acids is 3. The molecule has 3 atom stereocenters. The van der Waals surface area contributed by atoms with Crippen LogP contribution in [-0.2, 0) is 22.7 Å². The number of imide groups is 1. The van der Waals surface area contributed by atoms with Crippen LogP contribution in [0.3, 0.4) is 0 Å². The highest BCUT2D eigenvalue weighted by Crippen LogP contribution is 2.31. The van der Waals surface area contributed by atoms with E-state index in [0.717, 1.165) is 30.8 Å². The first-order valence-electron chi connectivity index (χ1n) is 9.67. The molecule has 27 heavy (non-hydrogen) atoms. The van der Waals surface area contributed by atoms with Gasteiger partial charge in [-0.2, -0.15) is 0 Å². The molecular formula is C20H26N4O3. The summed E-state index contributed by atoms with van der Waals surface area (Å²) < 4.78 is 0. The molecule has 0 radical (unpaired) electrons. The largest absolute Gasteiger partial charge is 0.322 e. The molecule has 0 aromatic heterocycles. The summed E-state index contributed by atoms with van der Waals surface area (Å²) in [4.78, 5) is 40.7. The Kier molecular flexibility index (Phi) is 4.74. The Morgan fingerprint density at radius 1 is 1.11 bits per heavy atom. The summed E-state index contributed by atoms with van der Waals surface area (Å²) in [6, 6.07) is 6.14. The molecule has 3 amide bonds. The van der Waals surface area contributed by atoms with Crippen LogP contribution in [0.25, 0.3) is 0 Å². The summed E-state index contributed by atoms with van der Waals surface area (Å²) in [7, 11) is 0. The quantitative estimate of drug-likeness (QED) is 0.763. The Bertz CT molecular complexity index is 783. The molecule has 0 aliphatic carbocycles. The lowest BCUT2D eigenvalue weighted by Crippen LogP contribution is -2.54. The van der Waals surface area contributed by atoms with Gasteiger partial charge >= 0.3 is 0 Å². The molecule has 3 heterocycles. The number of hydrogen-bond donors (Lipinski definition) is 2. The maximum Gasteiger partial charge on any atom is 0.255 e. The average Bonchev–Trinajstić information content (AvgIpc) is 2.96. The van der Waals surface area contributed by atoms with E-state index in [9.17, 15) is 14.4 Å². The molecule has 3 aliphatic rings. The number of nitrogens with one attached hydrogen (secondary N) is 2. The Hall–Kier alpha value is -2.25. The smallest absolute Gasteiger partial charge is 0.255 e. The number of rotatable bonds is 3. The number of hydrogen-bond acceptors (Lipinski definition) is 5. The summed E-state index contributed by atoms with van der Waals surface area (Å²) in [5.41, 5.74) is 2.86. The van der Waals surface area contributed by atoms with Crippen molar-refractivity contribution in [1.82, 2.24) is 20.4 Å². The van der Waals surface area contributed by atoms with Crippen molar-refractivity contribution >= 4 is 17.7 Å². The molecule has 1 aromatic rings. The van der Waals surface area contributed by atoms with E-state index in [1.54, 1.807) is 4.90 Å². The first-order valence-corrected chi connectivity index (χ1v) is 9.67. The first kappa shape index (κ1) is 18.1. The van der Waals surface area contributed by atoms with E-state index < -0.39 is 6.04 Å². The summed E-state index contributed by atoms with van der Waals surface area (Å²) in [6.45, 7) is 7.58. The molecule has 7 nitrogen and oxygen atoms in total. The van der Waals surface area contributed by atoms with Crippen LogP contribution >= 0.6 is 0 Å².